The molecule has 0 radical (unpaired) electrons. The van der Waals surface area contributed by atoms with E-state index < -0.39 is 5.41 Å². The zero-order valence-electron chi connectivity index (χ0n) is 25.1. The van der Waals surface area contributed by atoms with Crippen LogP contribution in [0.1, 0.15) is 22.3 Å². The molecule has 2 aliphatic rings. The molecule has 8 aromatic carbocycles. The Balaban J connectivity index is 1.21. The number of benzene rings is 8. The molecule has 1 aliphatic carbocycles. The summed E-state index contributed by atoms with van der Waals surface area (Å²) in [6.45, 7) is 0. The fraction of sp³-hybridized carbons (Fsp3) is 0.0222. The molecule has 0 saturated heterocycles. The van der Waals surface area contributed by atoms with E-state index in [4.69, 9.17) is 0 Å². The van der Waals surface area contributed by atoms with E-state index in [1.54, 1.807) is 0 Å². The summed E-state index contributed by atoms with van der Waals surface area (Å²) in [5, 5.41) is 5.25. The summed E-state index contributed by atoms with van der Waals surface area (Å²) in [6.07, 6.45) is 0. The van der Waals surface area contributed by atoms with Crippen molar-refractivity contribution < 1.29 is 0 Å². The van der Waals surface area contributed by atoms with Gasteiger partial charge < -0.3 is 0 Å². The lowest BCUT2D eigenvalue weighted by atomic mass is 9.67. The first kappa shape index (κ1) is 25.9. The van der Waals surface area contributed by atoms with Gasteiger partial charge in [0.15, 0.2) is 0 Å². The zero-order valence-corrected chi connectivity index (χ0v) is 25.9. The number of rotatable bonds is 3. The van der Waals surface area contributed by atoms with Crippen molar-refractivity contribution in [3.05, 3.63) is 192 Å². The molecule has 0 saturated carbocycles. The molecule has 46 heavy (non-hydrogen) atoms. The topological polar surface area (TPSA) is 0 Å². The molecule has 0 fully saturated rings. The van der Waals surface area contributed by atoms with Gasteiger partial charge in [0.25, 0.3) is 0 Å². The summed E-state index contributed by atoms with van der Waals surface area (Å²) in [7, 11) is 0. The average molecular weight is 601 g/mol. The lowest BCUT2D eigenvalue weighted by Gasteiger charge is -2.34. The minimum atomic E-state index is -0.424. The molecule has 0 nitrogen and oxygen atoms in total. The van der Waals surface area contributed by atoms with Crippen LogP contribution < -0.4 is 0 Å². The van der Waals surface area contributed by atoms with Crippen LogP contribution in [0.3, 0.4) is 0 Å². The molecule has 0 bridgehead atoms. The maximum absolute atomic E-state index is 2.38. The van der Waals surface area contributed by atoms with Gasteiger partial charge >= 0.3 is 0 Å². The summed E-state index contributed by atoms with van der Waals surface area (Å²) in [6, 6.07) is 63.2. The number of hydrogen-bond donors (Lipinski definition) is 0. The molecule has 214 valence electrons. The molecule has 0 N–H and O–H groups in total. The van der Waals surface area contributed by atoms with Crippen molar-refractivity contribution in [1.82, 2.24) is 0 Å². The quantitative estimate of drug-likeness (QED) is 0.194. The highest BCUT2D eigenvalue weighted by atomic mass is 32.2. The van der Waals surface area contributed by atoms with Crippen LogP contribution in [0, 0.1) is 0 Å². The SMILES string of the molecule is c1ccc(C2(c3ccc(-c4cccc5c4-c4cccc6cccc(c46)S5)cc3)c3ccccc3-c3c2ccc2ccccc32)cc1. The van der Waals surface area contributed by atoms with Gasteiger partial charge in [0.2, 0.25) is 0 Å². The third-order valence-electron chi connectivity index (χ3n) is 10.2. The van der Waals surface area contributed by atoms with Gasteiger partial charge in [0.05, 0.1) is 5.41 Å². The van der Waals surface area contributed by atoms with Crippen LogP contribution in [0.15, 0.2) is 180 Å². The molecule has 1 unspecified atom stereocenters. The van der Waals surface area contributed by atoms with E-state index in [1.807, 2.05) is 11.8 Å². The Hall–Kier alpha value is -5.37. The van der Waals surface area contributed by atoms with Crippen LogP contribution in [0.25, 0.3) is 54.9 Å². The molecule has 1 heteroatoms. The zero-order chi connectivity index (χ0) is 30.2. The molecule has 0 amide bonds. The van der Waals surface area contributed by atoms with Gasteiger partial charge in [-0.25, -0.2) is 0 Å². The highest BCUT2D eigenvalue weighted by molar-refractivity contribution is 7.99. The predicted octanol–water partition coefficient (Wildman–Crippen LogP) is 12.2. The van der Waals surface area contributed by atoms with Crippen LogP contribution in [0.4, 0.5) is 0 Å². The summed E-state index contributed by atoms with van der Waals surface area (Å²) in [4.78, 5) is 2.66. The minimum absolute atomic E-state index is 0.424. The van der Waals surface area contributed by atoms with E-state index in [0.29, 0.717) is 0 Å². The van der Waals surface area contributed by atoms with Crippen molar-refractivity contribution in [2.75, 3.05) is 0 Å². The van der Waals surface area contributed by atoms with Gasteiger partial charge in [-0.2, -0.15) is 0 Å². The van der Waals surface area contributed by atoms with Crippen molar-refractivity contribution in [2.24, 2.45) is 0 Å². The molecule has 8 aromatic rings. The van der Waals surface area contributed by atoms with Crippen LogP contribution in [0.2, 0.25) is 0 Å². The van der Waals surface area contributed by atoms with E-state index in [2.05, 4.69) is 170 Å². The van der Waals surface area contributed by atoms with Crippen molar-refractivity contribution in [3.63, 3.8) is 0 Å². The Morgan fingerprint density at radius 3 is 1.91 bits per heavy atom. The fourth-order valence-corrected chi connectivity index (χ4v) is 9.46. The Labute approximate surface area is 273 Å². The molecule has 1 aliphatic heterocycles. The standard InChI is InChI=1S/C45H28S/c1-2-14-32(15-3-1)45(38-20-7-6-17-36(38)43-34-16-5-4-11-29(34)25-28-39(43)45)33-26-23-30(24-27-33)35-18-10-22-41-44(35)37-19-8-12-31-13-9-21-40(46-41)42(31)37/h1-28H. The molecular formula is C45H28S. The molecule has 1 atom stereocenters. The average Bonchev–Trinajstić information content (AvgIpc) is 3.44. The Morgan fingerprint density at radius 1 is 0.370 bits per heavy atom. The lowest BCUT2D eigenvalue weighted by molar-refractivity contribution is 0.769. The smallest absolute Gasteiger partial charge is 0.0713 e. The van der Waals surface area contributed by atoms with Gasteiger partial charge in [-0.3, -0.25) is 0 Å². The second kappa shape index (κ2) is 9.81. The largest absolute Gasteiger partial charge is 0.0888 e. The monoisotopic (exact) mass is 600 g/mol. The van der Waals surface area contributed by atoms with Crippen LogP contribution in [-0.4, -0.2) is 0 Å². The molecular weight excluding hydrogens is 573 g/mol. The Bertz CT molecular complexity index is 2480. The van der Waals surface area contributed by atoms with E-state index in [9.17, 15) is 0 Å². The van der Waals surface area contributed by atoms with Crippen LogP contribution in [0.5, 0.6) is 0 Å². The van der Waals surface area contributed by atoms with Crippen LogP contribution in [-0.2, 0) is 5.41 Å². The molecule has 10 rings (SSSR count). The first-order chi connectivity index (χ1) is 22.8. The van der Waals surface area contributed by atoms with Crippen molar-refractivity contribution in [3.8, 4) is 33.4 Å². The first-order valence-electron chi connectivity index (χ1n) is 15.9. The highest BCUT2D eigenvalue weighted by Crippen LogP contribution is 2.58. The normalized spacial score (nSPS) is 15.8. The van der Waals surface area contributed by atoms with Gasteiger partial charge in [-0.1, -0.05) is 169 Å². The van der Waals surface area contributed by atoms with E-state index in [0.717, 1.165) is 0 Å². The number of hydrogen-bond acceptors (Lipinski definition) is 1. The lowest BCUT2D eigenvalue weighted by Crippen LogP contribution is -2.28. The first-order valence-corrected chi connectivity index (χ1v) is 16.8. The number of fused-ring (bicyclic) bond motifs is 7. The highest BCUT2D eigenvalue weighted by Gasteiger charge is 2.46. The maximum atomic E-state index is 2.38. The third-order valence-corrected chi connectivity index (χ3v) is 11.3. The Kier molecular flexibility index (Phi) is 5.53. The van der Waals surface area contributed by atoms with E-state index >= 15 is 0 Å². The third kappa shape index (κ3) is 3.47. The van der Waals surface area contributed by atoms with Crippen molar-refractivity contribution >= 4 is 33.3 Å². The minimum Gasteiger partial charge on any atom is -0.0888 e. The second-order valence-corrected chi connectivity index (χ2v) is 13.5. The summed E-state index contributed by atoms with van der Waals surface area (Å²) in [5.74, 6) is 0. The van der Waals surface area contributed by atoms with Gasteiger partial charge in [0, 0.05) is 20.7 Å². The summed E-state index contributed by atoms with van der Waals surface area (Å²) >= 11 is 1.89. The summed E-state index contributed by atoms with van der Waals surface area (Å²) in [5.41, 5.74) is 12.7. The summed E-state index contributed by atoms with van der Waals surface area (Å²) < 4.78 is 0. The van der Waals surface area contributed by atoms with Gasteiger partial charge in [-0.05, 0) is 78.4 Å². The second-order valence-electron chi connectivity index (χ2n) is 12.4. The van der Waals surface area contributed by atoms with Crippen molar-refractivity contribution in [2.45, 2.75) is 15.2 Å². The fourth-order valence-electron chi connectivity index (χ4n) is 8.28. The molecule has 0 spiro atoms. The van der Waals surface area contributed by atoms with Crippen molar-refractivity contribution in [1.29, 1.82) is 0 Å². The predicted molar refractivity (Wildman–Crippen MR) is 194 cm³/mol. The van der Waals surface area contributed by atoms with E-state index in [1.165, 1.54) is 87.0 Å². The van der Waals surface area contributed by atoms with Gasteiger partial charge in [-0.15, -0.1) is 0 Å². The van der Waals surface area contributed by atoms with Crippen LogP contribution >= 0.6 is 11.8 Å². The van der Waals surface area contributed by atoms with E-state index in [-0.39, 0.29) is 0 Å². The maximum Gasteiger partial charge on any atom is 0.0713 e. The Morgan fingerprint density at radius 2 is 1.02 bits per heavy atom. The molecule has 0 aromatic heterocycles. The molecule has 1 heterocycles. The van der Waals surface area contributed by atoms with Gasteiger partial charge in [0.1, 0.15) is 0 Å².